The van der Waals surface area contributed by atoms with Crippen LogP contribution in [-0.2, 0) is 28.2 Å². The third-order valence-electron chi connectivity index (χ3n) is 6.83. The zero-order valence-electron chi connectivity index (χ0n) is 25.8. The minimum atomic E-state index is -2.77. The molecule has 4 aromatic rings. The van der Waals surface area contributed by atoms with Crippen LogP contribution >= 0.6 is 0 Å². The highest BCUT2D eigenvalue weighted by Crippen LogP contribution is 2.42. The van der Waals surface area contributed by atoms with E-state index in [4.69, 9.17) is 18.9 Å². The van der Waals surface area contributed by atoms with Crippen LogP contribution in [0, 0.1) is 13.8 Å². The molecule has 0 bridgehead atoms. The lowest BCUT2D eigenvalue weighted by Crippen LogP contribution is -2.55. The van der Waals surface area contributed by atoms with Crippen molar-refractivity contribution in [2.24, 2.45) is 48.6 Å². The van der Waals surface area contributed by atoms with Crippen LogP contribution in [0.25, 0.3) is 0 Å². The lowest BCUT2D eigenvalue weighted by Gasteiger charge is -2.33. The molecule has 2 aliphatic rings. The highest BCUT2D eigenvalue weighted by Gasteiger charge is 2.49. The van der Waals surface area contributed by atoms with Crippen LogP contribution in [0.5, 0.6) is 23.3 Å². The van der Waals surface area contributed by atoms with Crippen molar-refractivity contribution in [3.05, 3.63) is 89.2 Å². The Labute approximate surface area is 255 Å². The van der Waals surface area contributed by atoms with Gasteiger partial charge in [0.15, 0.2) is 11.5 Å². The predicted molar refractivity (Wildman–Crippen MR) is 161 cm³/mol. The van der Waals surface area contributed by atoms with E-state index in [0.717, 1.165) is 29.4 Å². The highest BCUT2D eigenvalue weighted by atomic mass is 17.0. The third-order valence-corrected chi connectivity index (χ3v) is 6.83. The number of rotatable bonds is 0. The summed E-state index contributed by atoms with van der Waals surface area (Å²) in [7, 11) is 5.20. The molecule has 4 heterocycles. The van der Waals surface area contributed by atoms with Crippen molar-refractivity contribution in [1.82, 2.24) is 18.3 Å². The van der Waals surface area contributed by atoms with Crippen molar-refractivity contribution in [2.75, 3.05) is 0 Å². The number of benzene rings is 2. The Bertz CT molecular complexity index is 2000. The maximum atomic E-state index is 13.3. The van der Waals surface area contributed by atoms with Gasteiger partial charge in [0.25, 0.3) is 11.1 Å². The van der Waals surface area contributed by atoms with Crippen LogP contribution in [0.2, 0.25) is 0 Å². The molecule has 0 atom stereocenters. The summed E-state index contributed by atoms with van der Waals surface area (Å²) in [6.07, 6.45) is -2.77. The van der Waals surface area contributed by atoms with Crippen molar-refractivity contribution in [3.63, 3.8) is 0 Å². The third kappa shape index (κ3) is 5.19. The summed E-state index contributed by atoms with van der Waals surface area (Å²) >= 11 is 0. The molecule has 234 valence electrons. The van der Waals surface area contributed by atoms with Gasteiger partial charge >= 0.3 is 17.5 Å². The summed E-state index contributed by atoms with van der Waals surface area (Å²) in [4.78, 5) is 52.6. The standard InChI is InChI=1S/C27H24N8O8.C2H6/c1-13-7-9-17-15(11-13)28-30-19-21(36)32(3)25(38)34(5)23(19)42-27(40-17)41-18-10-8-14(2)12-16(18)29-31-20-22(37)33(4)26(39)35(6)24(20)43-27;1-2/h7-12H,1-6H3;1-2H3. The van der Waals surface area contributed by atoms with E-state index >= 15 is 0 Å². The first-order valence-corrected chi connectivity index (χ1v) is 13.8. The molecule has 0 saturated carbocycles. The number of fused-ring (bicyclic) bond motifs is 4. The number of azo groups is 2. The maximum absolute atomic E-state index is 13.3. The predicted octanol–water partition coefficient (Wildman–Crippen LogP) is 3.81. The number of aryl methyl sites for hydroxylation is 2. The van der Waals surface area contributed by atoms with Gasteiger partial charge in [-0.25, -0.2) is 9.59 Å². The number of ether oxygens (including phenoxy) is 4. The van der Waals surface area contributed by atoms with Crippen molar-refractivity contribution in [1.29, 1.82) is 0 Å². The van der Waals surface area contributed by atoms with Crippen LogP contribution in [0.15, 0.2) is 76.0 Å². The van der Waals surface area contributed by atoms with Gasteiger partial charge < -0.3 is 18.9 Å². The lowest BCUT2D eigenvalue weighted by atomic mass is 10.2. The molecule has 2 aromatic carbocycles. The van der Waals surface area contributed by atoms with Gasteiger partial charge in [-0.1, -0.05) is 26.0 Å². The Hall–Kier alpha value is -5.80. The molecule has 2 aliphatic heterocycles. The van der Waals surface area contributed by atoms with E-state index in [2.05, 4.69) is 20.5 Å². The second-order valence-corrected chi connectivity index (χ2v) is 9.97. The van der Waals surface area contributed by atoms with Gasteiger partial charge in [-0.3, -0.25) is 27.9 Å². The molecule has 0 unspecified atom stereocenters. The molecule has 0 aliphatic carbocycles. The van der Waals surface area contributed by atoms with Gasteiger partial charge in [-0.05, 0) is 49.2 Å². The van der Waals surface area contributed by atoms with Gasteiger partial charge in [0.2, 0.25) is 23.1 Å². The average molecular weight is 619 g/mol. The molecule has 45 heavy (non-hydrogen) atoms. The number of hydrogen-bond donors (Lipinski definition) is 0. The number of aromatic nitrogens is 4. The van der Waals surface area contributed by atoms with Gasteiger partial charge in [-0.2, -0.15) is 0 Å². The Balaban J connectivity index is 0.00000196. The summed E-state index contributed by atoms with van der Waals surface area (Å²) in [5.41, 5.74) is -2.13. The van der Waals surface area contributed by atoms with Crippen LogP contribution < -0.4 is 41.4 Å². The minimum absolute atomic E-state index is 0.0150. The molecule has 0 saturated heterocycles. The fourth-order valence-electron chi connectivity index (χ4n) is 4.44. The lowest BCUT2D eigenvalue weighted by molar-refractivity contribution is -0.369. The molecule has 0 N–H and O–H groups in total. The van der Waals surface area contributed by atoms with Crippen molar-refractivity contribution >= 4 is 22.7 Å². The van der Waals surface area contributed by atoms with Crippen molar-refractivity contribution in [3.8, 4) is 23.3 Å². The smallest absolute Gasteiger partial charge is 0.384 e. The first kappa shape index (κ1) is 30.7. The summed E-state index contributed by atoms with van der Waals surface area (Å²) in [6, 6.07) is 9.74. The topological polar surface area (TPSA) is 174 Å². The normalized spacial score (nSPS) is 16.1. The molecular weight excluding hydrogens is 588 g/mol. The Morgan fingerprint density at radius 3 is 1.31 bits per heavy atom. The number of nitrogens with zero attached hydrogens (tertiary/aromatic N) is 8. The van der Waals surface area contributed by atoms with E-state index in [1.807, 2.05) is 27.7 Å². The zero-order valence-corrected chi connectivity index (χ0v) is 25.8. The highest BCUT2D eigenvalue weighted by molar-refractivity contribution is 5.57. The van der Waals surface area contributed by atoms with Gasteiger partial charge in [0.05, 0.1) is 0 Å². The Kier molecular flexibility index (Phi) is 7.74. The quantitative estimate of drug-likeness (QED) is 0.286. The second kappa shape index (κ2) is 11.4. The van der Waals surface area contributed by atoms with Gasteiger partial charge in [0.1, 0.15) is 11.4 Å². The fraction of sp³-hybridized carbons (Fsp3) is 0.310. The van der Waals surface area contributed by atoms with Gasteiger partial charge in [0, 0.05) is 28.2 Å². The fourth-order valence-corrected chi connectivity index (χ4v) is 4.44. The SMILES string of the molecule is CC.Cc1ccc2c(c1)N=Nc1c(n(C)c(=O)n(C)c1=O)OC1(O2)Oc2ccc(C)cc2N=Nc2c(n(C)c(=O)n(C)c2=O)O1. The van der Waals surface area contributed by atoms with E-state index in [0.29, 0.717) is 0 Å². The molecule has 0 amide bonds. The maximum Gasteiger partial charge on any atom is 0.613 e. The van der Waals surface area contributed by atoms with Crippen molar-refractivity contribution < 1.29 is 18.9 Å². The first-order valence-electron chi connectivity index (χ1n) is 13.8. The minimum Gasteiger partial charge on any atom is -0.384 e. The summed E-state index contributed by atoms with van der Waals surface area (Å²) in [5, 5.41) is 16.7. The molecule has 16 nitrogen and oxygen atoms in total. The molecule has 0 radical (unpaired) electrons. The van der Waals surface area contributed by atoms with E-state index in [9.17, 15) is 19.2 Å². The van der Waals surface area contributed by atoms with Gasteiger partial charge in [-0.15, -0.1) is 20.5 Å². The summed E-state index contributed by atoms with van der Waals surface area (Å²) in [6.45, 7) is 7.61. The number of hydrogen-bond acceptors (Lipinski definition) is 12. The molecule has 6 rings (SSSR count). The average Bonchev–Trinajstić information content (AvgIpc) is 3.13. The molecular formula is C29H30N8O8. The van der Waals surface area contributed by atoms with Crippen LogP contribution in [0.3, 0.4) is 0 Å². The van der Waals surface area contributed by atoms with Crippen LogP contribution in [-0.4, -0.2) is 24.4 Å². The molecule has 2 aromatic heterocycles. The first-order chi connectivity index (χ1) is 21.4. The molecule has 1 spiro atoms. The monoisotopic (exact) mass is 618 g/mol. The van der Waals surface area contributed by atoms with Crippen LogP contribution in [0.4, 0.5) is 22.7 Å². The Morgan fingerprint density at radius 2 is 0.933 bits per heavy atom. The van der Waals surface area contributed by atoms with Crippen LogP contribution in [0.1, 0.15) is 25.0 Å². The van der Waals surface area contributed by atoms with E-state index in [1.54, 1.807) is 24.3 Å². The summed E-state index contributed by atoms with van der Waals surface area (Å²) < 4.78 is 28.6. The second-order valence-electron chi connectivity index (χ2n) is 9.97. The summed E-state index contributed by atoms with van der Waals surface area (Å²) in [5.74, 6) is -0.862. The zero-order chi connectivity index (χ0) is 32.8. The largest absolute Gasteiger partial charge is 0.613 e. The Morgan fingerprint density at radius 1 is 0.556 bits per heavy atom. The van der Waals surface area contributed by atoms with Crippen molar-refractivity contribution in [2.45, 2.75) is 33.9 Å². The van der Waals surface area contributed by atoms with E-state index in [1.165, 1.54) is 40.3 Å². The van der Waals surface area contributed by atoms with E-state index < -0.39 is 40.4 Å². The molecule has 16 heteroatoms. The molecule has 0 fully saturated rings. The van der Waals surface area contributed by atoms with E-state index in [-0.39, 0.29) is 34.2 Å².